The lowest BCUT2D eigenvalue weighted by molar-refractivity contribution is -0.123. The number of carbonyl (C=O) groups excluding carboxylic acids is 1. The second-order valence-corrected chi connectivity index (χ2v) is 4.86. The zero-order valence-corrected chi connectivity index (χ0v) is 10.8. The average molecular weight is 235 g/mol. The van der Waals surface area contributed by atoms with Gasteiger partial charge in [-0.3, -0.25) is 14.9 Å². The van der Waals surface area contributed by atoms with Crippen LogP contribution in [0.3, 0.4) is 0 Å². The summed E-state index contributed by atoms with van der Waals surface area (Å²) < 4.78 is 1.86. The van der Waals surface area contributed by atoms with Crippen molar-refractivity contribution in [3.05, 3.63) is 23.5 Å². The van der Waals surface area contributed by atoms with E-state index in [2.05, 4.69) is 17.7 Å². The van der Waals surface area contributed by atoms with Crippen molar-refractivity contribution in [1.82, 2.24) is 9.99 Å². The summed E-state index contributed by atoms with van der Waals surface area (Å²) in [7, 11) is 0. The molecule has 1 atom stereocenters. The van der Waals surface area contributed by atoms with Gasteiger partial charge in [0.25, 0.3) is 5.91 Å². The highest BCUT2D eigenvalue weighted by Crippen LogP contribution is 2.23. The zero-order valence-electron chi connectivity index (χ0n) is 10.8. The number of aryl methyl sites for hydroxylation is 2. The third kappa shape index (κ3) is 2.09. The molecule has 0 saturated carbocycles. The van der Waals surface area contributed by atoms with Crippen LogP contribution in [0, 0.1) is 13.8 Å². The SMILES string of the molecule is CCC1(C(=O)Nn2c(C)ccc2C)CCCN1. The maximum Gasteiger partial charge on any atom is 0.259 e. The van der Waals surface area contributed by atoms with Crippen LogP contribution < -0.4 is 10.7 Å². The fourth-order valence-electron chi connectivity index (χ4n) is 2.52. The second kappa shape index (κ2) is 4.53. The van der Waals surface area contributed by atoms with Crippen LogP contribution >= 0.6 is 0 Å². The standard InChI is InChI=1S/C13H21N3O/c1-4-13(8-5-9-14-13)12(17)15-16-10(2)6-7-11(16)3/h6-7,14H,4-5,8-9H2,1-3H3,(H,15,17). The summed E-state index contributed by atoms with van der Waals surface area (Å²) in [4.78, 5) is 12.4. The maximum absolute atomic E-state index is 12.4. The largest absolute Gasteiger partial charge is 0.303 e. The third-order valence-corrected chi connectivity index (χ3v) is 3.77. The molecule has 1 fully saturated rings. The molecule has 2 N–H and O–H groups in total. The Hall–Kier alpha value is -1.29. The number of hydrogen-bond donors (Lipinski definition) is 2. The van der Waals surface area contributed by atoms with Gasteiger partial charge in [0.15, 0.2) is 0 Å². The molecule has 94 valence electrons. The predicted octanol–water partition coefficient (Wildman–Crippen LogP) is 1.71. The molecule has 1 saturated heterocycles. The van der Waals surface area contributed by atoms with E-state index in [1.165, 1.54) is 0 Å². The summed E-state index contributed by atoms with van der Waals surface area (Å²) >= 11 is 0. The van der Waals surface area contributed by atoms with Crippen molar-refractivity contribution in [2.75, 3.05) is 12.0 Å². The molecule has 1 unspecified atom stereocenters. The van der Waals surface area contributed by atoms with E-state index in [0.29, 0.717) is 0 Å². The van der Waals surface area contributed by atoms with Crippen LogP contribution in [0.15, 0.2) is 12.1 Å². The van der Waals surface area contributed by atoms with Crippen LogP contribution in [-0.4, -0.2) is 22.7 Å². The van der Waals surface area contributed by atoms with E-state index in [4.69, 9.17) is 0 Å². The van der Waals surface area contributed by atoms with E-state index in [9.17, 15) is 4.79 Å². The quantitative estimate of drug-likeness (QED) is 0.837. The van der Waals surface area contributed by atoms with E-state index >= 15 is 0 Å². The minimum Gasteiger partial charge on any atom is -0.303 e. The number of rotatable bonds is 3. The first-order valence-corrected chi connectivity index (χ1v) is 6.30. The fraction of sp³-hybridized carbons (Fsp3) is 0.615. The molecule has 17 heavy (non-hydrogen) atoms. The van der Waals surface area contributed by atoms with Gasteiger partial charge >= 0.3 is 0 Å². The van der Waals surface area contributed by atoms with Crippen LogP contribution in [-0.2, 0) is 4.79 Å². The van der Waals surface area contributed by atoms with Gasteiger partial charge in [0, 0.05) is 11.4 Å². The molecule has 4 heteroatoms. The van der Waals surface area contributed by atoms with Crippen LogP contribution in [0.1, 0.15) is 37.6 Å². The van der Waals surface area contributed by atoms with Crippen molar-refractivity contribution in [1.29, 1.82) is 0 Å². The smallest absolute Gasteiger partial charge is 0.259 e. The number of nitrogens with zero attached hydrogens (tertiary/aromatic N) is 1. The van der Waals surface area contributed by atoms with Gasteiger partial charge in [-0.05, 0) is 51.8 Å². The first-order chi connectivity index (χ1) is 8.09. The van der Waals surface area contributed by atoms with Crippen LogP contribution in [0.25, 0.3) is 0 Å². The molecular weight excluding hydrogens is 214 g/mol. The van der Waals surface area contributed by atoms with Crippen molar-refractivity contribution < 1.29 is 4.79 Å². The zero-order chi connectivity index (χ0) is 12.5. The number of hydrogen-bond acceptors (Lipinski definition) is 2. The van der Waals surface area contributed by atoms with Gasteiger partial charge in [-0.2, -0.15) is 0 Å². The number of aromatic nitrogens is 1. The van der Waals surface area contributed by atoms with Crippen LogP contribution in [0.4, 0.5) is 0 Å². The van der Waals surface area contributed by atoms with E-state index in [1.54, 1.807) is 0 Å². The Morgan fingerprint density at radius 3 is 2.59 bits per heavy atom. The highest BCUT2D eigenvalue weighted by Gasteiger charge is 2.39. The Morgan fingerprint density at radius 2 is 2.12 bits per heavy atom. The van der Waals surface area contributed by atoms with Gasteiger partial charge in [-0.1, -0.05) is 6.92 Å². The van der Waals surface area contributed by atoms with Gasteiger partial charge in [-0.25, -0.2) is 0 Å². The molecule has 2 heterocycles. The Balaban J connectivity index is 2.16. The minimum atomic E-state index is -0.372. The van der Waals surface area contributed by atoms with E-state index in [-0.39, 0.29) is 11.4 Å². The summed E-state index contributed by atoms with van der Waals surface area (Å²) in [5.74, 6) is 0.0832. The molecule has 1 aliphatic heterocycles. The van der Waals surface area contributed by atoms with Gasteiger partial charge in [-0.15, -0.1) is 0 Å². The third-order valence-electron chi connectivity index (χ3n) is 3.77. The number of carbonyl (C=O) groups is 1. The van der Waals surface area contributed by atoms with E-state index in [0.717, 1.165) is 37.2 Å². The lowest BCUT2D eigenvalue weighted by Crippen LogP contribution is -2.52. The topological polar surface area (TPSA) is 46.1 Å². The van der Waals surface area contributed by atoms with Crippen molar-refractivity contribution in [3.63, 3.8) is 0 Å². The molecule has 0 spiro atoms. The molecule has 2 rings (SSSR count). The van der Waals surface area contributed by atoms with Crippen molar-refractivity contribution >= 4 is 5.91 Å². The highest BCUT2D eigenvalue weighted by atomic mass is 16.2. The molecule has 0 bridgehead atoms. The van der Waals surface area contributed by atoms with Gasteiger partial charge in [0.2, 0.25) is 0 Å². The van der Waals surface area contributed by atoms with Gasteiger partial charge < -0.3 is 5.32 Å². The Bertz CT molecular complexity index is 397. The van der Waals surface area contributed by atoms with Crippen molar-refractivity contribution in [3.8, 4) is 0 Å². The molecule has 1 amide bonds. The molecule has 0 aromatic carbocycles. The summed E-state index contributed by atoms with van der Waals surface area (Å²) in [5.41, 5.74) is 4.75. The Kier molecular flexibility index (Phi) is 3.24. The first kappa shape index (κ1) is 12.2. The van der Waals surface area contributed by atoms with E-state index in [1.807, 2.05) is 30.7 Å². The number of amides is 1. The predicted molar refractivity (Wildman–Crippen MR) is 68.5 cm³/mol. The molecule has 0 radical (unpaired) electrons. The molecule has 4 nitrogen and oxygen atoms in total. The maximum atomic E-state index is 12.4. The second-order valence-electron chi connectivity index (χ2n) is 4.86. The Morgan fingerprint density at radius 1 is 1.47 bits per heavy atom. The van der Waals surface area contributed by atoms with Crippen LogP contribution in [0.5, 0.6) is 0 Å². The van der Waals surface area contributed by atoms with Gasteiger partial charge in [0.1, 0.15) is 0 Å². The van der Waals surface area contributed by atoms with Crippen molar-refractivity contribution in [2.24, 2.45) is 0 Å². The van der Waals surface area contributed by atoms with Gasteiger partial charge in [0.05, 0.1) is 5.54 Å². The summed E-state index contributed by atoms with van der Waals surface area (Å²) in [6.45, 7) is 6.99. The average Bonchev–Trinajstić information content (AvgIpc) is 2.91. The lowest BCUT2D eigenvalue weighted by Gasteiger charge is -2.27. The Labute approximate surface area is 102 Å². The molecular formula is C13H21N3O. The van der Waals surface area contributed by atoms with Crippen molar-refractivity contribution in [2.45, 2.75) is 45.6 Å². The molecule has 1 aliphatic rings. The monoisotopic (exact) mass is 235 g/mol. The molecule has 1 aromatic heterocycles. The first-order valence-electron chi connectivity index (χ1n) is 6.30. The highest BCUT2D eigenvalue weighted by molar-refractivity contribution is 5.93. The normalized spacial score (nSPS) is 23.9. The summed E-state index contributed by atoms with van der Waals surface area (Å²) in [6.07, 6.45) is 2.83. The summed E-state index contributed by atoms with van der Waals surface area (Å²) in [5, 5.41) is 3.35. The minimum absolute atomic E-state index is 0.0832. The van der Waals surface area contributed by atoms with Crippen LogP contribution in [0.2, 0.25) is 0 Å². The molecule has 1 aromatic rings. The lowest BCUT2D eigenvalue weighted by atomic mass is 9.93. The van der Waals surface area contributed by atoms with E-state index < -0.39 is 0 Å². The number of nitrogens with one attached hydrogen (secondary N) is 2. The molecule has 0 aliphatic carbocycles. The summed E-state index contributed by atoms with van der Waals surface area (Å²) in [6, 6.07) is 4.02. The fourth-order valence-corrected chi connectivity index (χ4v) is 2.52.